The van der Waals surface area contributed by atoms with Gasteiger partial charge in [0.1, 0.15) is 11.8 Å². The number of nitrogens with zero attached hydrogens (tertiary/aromatic N) is 1. The Morgan fingerprint density at radius 3 is 2.52 bits per heavy atom. The molecular formula is C17H18BrNO5S. The molecule has 2 amide bonds. The average molecular weight is 428 g/mol. The summed E-state index contributed by atoms with van der Waals surface area (Å²) >= 11 is 4.23. The smallest absolute Gasteiger partial charge is 0.328 e. The van der Waals surface area contributed by atoms with Gasteiger partial charge in [0, 0.05) is 0 Å². The maximum Gasteiger partial charge on any atom is 0.328 e. The van der Waals surface area contributed by atoms with Crippen LogP contribution in [-0.2, 0) is 14.3 Å². The number of hydrogen-bond acceptors (Lipinski definition) is 6. The molecule has 6 nitrogen and oxygen atoms in total. The number of carbonyl (C=O) groups is 3. The lowest BCUT2D eigenvalue weighted by molar-refractivity contribution is -0.148. The van der Waals surface area contributed by atoms with Gasteiger partial charge in [-0.2, -0.15) is 0 Å². The summed E-state index contributed by atoms with van der Waals surface area (Å²) in [6, 6.07) is 4.42. The highest BCUT2D eigenvalue weighted by Crippen LogP contribution is 2.35. The molecule has 1 heterocycles. The van der Waals surface area contributed by atoms with Crippen LogP contribution in [0, 0.1) is 0 Å². The van der Waals surface area contributed by atoms with Crippen LogP contribution in [0.2, 0.25) is 0 Å². The van der Waals surface area contributed by atoms with E-state index in [-0.39, 0.29) is 11.0 Å². The van der Waals surface area contributed by atoms with Crippen LogP contribution in [0.25, 0.3) is 6.08 Å². The third kappa shape index (κ3) is 4.43. The highest BCUT2D eigenvalue weighted by Gasteiger charge is 2.41. The first-order valence-corrected chi connectivity index (χ1v) is 9.16. The zero-order valence-corrected chi connectivity index (χ0v) is 16.6. The molecule has 0 saturated carbocycles. The van der Waals surface area contributed by atoms with Crippen LogP contribution in [0.15, 0.2) is 27.6 Å². The summed E-state index contributed by atoms with van der Waals surface area (Å²) in [4.78, 5) is 37.3. The lowest BCUT2D eigenvalue weighted by atomic mass is 10.2. The van der Waals surface area contributed by atoms with Gasteiger partial charge in [-0.05, 0) is 72.2 Å². The number of amides is 2. The molecule has 0 radical (unpaired) electrons. The van der Waals surface area contributed by atoms with E-state index in [0.717, 1.165) is 26.7 Å². The van der Waals surface area contributed by atoms with Gasteiger partial charge in [-0.15, -0.1) is 0 Å². The van der Waals surface area contributed by atoms with E-state index in [1.54, 1.807) is 24.3 Å². The van der Waals surface area contributed by atoms with Crippen LogP contribution in [0.1, 0.15) is 26.3 Å². The van der Waals surface area contributed by atoms with Gasteiger partial charge in [0.25, 0.3) is 11.1 Å². The van der Waals surface area contributed by atoms with Crippen molar-refractivity contribution in [2.45, 2.75) is 32.9 Å². The predicted molar refractivity (Wildman–Crippen MR) is 99.2 cm³/mol. The summed E-state index contributed by atoms with van der Waals surface area (Å²) in [5.41, 5.74) is 0.735. The van der Waals surface area contributed by atoms with Crippen molar-refractivity contribution >= 4 is 50.9 Å². The van der Waals surface area contributed by atoms with E-state index in [1.165, 1.54) is 14.0 Å². The van der Waals surface area contributed by atoms with Gasteiger partial charge < -0.3 is 9.47 Å². The van der Waals surface area contributed by atoms with Crippen LogP contribution in [0.3, 0.4) is 0 Å². The fourth-order valence-corrected chi connectivity index (χ4v) is 3.60. The summed E-state index contributed by atoms with van der Waals surface area (Å²) < 4.78 is 11.0. The zero-order valence-electron chi connectivity index (χ0n) is 14.2. The number of rotatable bonds is 5. The fourth-order valence-electron chi connectivity index (χ4n) is 2.20. The maximum atomic E-state index is 12.5. The number of methoxy groups -OCH3 is 1. The molecule has 0 spiro atoms. The Morgan fingerprint density at radius 2 is 1.96 bits per heavy atom. The van der Waals surface area contributed by atoms with E-state index in [0.29, 0.717) is 5.75 Å². The number of thioether (sulfide) groups is 1. The second-order valence-electron chi connectivity index (χ2n) is 5.61. The molecule has 25 heavy (non-hydrogen) atoms. The molecule has 134 valence electrons. The fraction of sp³-hybridized carbons (Fsp3) is 0.353. The number of benzene rings is 1. The first-order valence-electron chi connectivity index (χ1n) is 7.55. The van der Waals surface area contributed by atoms with Gasteiger partial charge in [-0.1, -0.05) is 6.07 Å². The van der Waals surface area contributed by atoms with Crippen LogP contribution in [0.5, 0.6) is 5.75 Å². The van der Waals surface area contributed by atoms with Gasteiger partial charge in [0.05, 0.1) is 22.6 Å². The summed E-state index contributed by atoms with van der Waals surface area (Å²) in [5.74, 6) is -0.451. The van der Waals surface area contributed by atoms with Crippen molar-refractivity contribution < 1.29 is 23.9 Å². The molecule has 1 aliphatic rings. The second-order valence-corrected chi connectivity index (χ2v) is 7.45. The van der Waals surface area contributed by atoms with Gasteiger partial charge in [-0.3, -0.25) is 14.5 Å². The number of imide groups is 1. The van der Waals surface area contributed by atoms with Crippen molar-refractivity contribution in [3.63, 3.8) is 0 Å². The number of ether oxygens (including phenoxy) is 2. The second kappa shape index (κ2) is 8.05. The molecule has 8 heteroatoms. The number of esters is 1. The Bertz CT molecular complexity index is 747. The molecule has 1 saturated heterocycles. The van der Waals surface area contributed by atoms with Crippen molar-refractivity contribution in [3.8, 4) is 5.75 Å². The highest BCUT2D eigenvalue weighted by molar-refractivity contribution is 9.10. The monoisotopic (exact) mass is 427 g/mol. The van der Waals surface area contributed by atoms with E-state index >= 15 is 0 Å². The number of carbonyl (C=O) groups excluding carboxylic acids is 3. The Morgan fingerprint density at radius 1 is 1.28 bits per heavy atom. The van der Waals surface area contributed by atoms with Crippen LogP contribution in [0.4, 0.5) is 4.79 Å². The molecule has 0 unspecified atom stereocenters. The topological polar surface area (TPSA) is 72.9 Å². The molecule has 1 fully saturated rings. The van der Waals surface area contributed by atoms with E-state index in [4.69, 9.17) is 4.74 Å². The average Bonchev–Trinajstić information content (AvgIpc) is 2.82. The van der Waals surface area contributed by atoms with Crippen molar-refractivity contribution in [1.29, 1.82) is 0 Å². The SMILES string of the molecule is COC(=O)[C@H](C)N1C(=O)S/C(=C/c2ccc(OC(C)C)c(Br)c2)C1=O. The summed E-state index contributed by atoms with van der Waals surface area (Å²) in [6.07, 6.45) is 1.65. The van der Waals surface area contributed by atoms with Gasteiger partial charge >= 0.3 is 5.97 Å². The van der Waals surface area contributed by atoms with Gasteiger partial charge in [0.15, 0.2) is 0 Å². The first kappa shape index (κ1) is 19.5. The van der Waals surface area contributed by atoms with Gasteiger partial charge in [-0.25, -0.2) is 4.79 Å². The van der Waals surface area contributed by atoms with Crippen molar-refractivity contribution in [1.82, 2.24) is 4.90 Å². The van der Waals surface area contributed by atoms with E-state index in [1.807, 2.05) is 13.8 Å². The first-order chi connectivity index (χ1) is 11.7. The predicted octanol–water partition coefficient (Wildman–Crippen LogP) is 3.83. The highest BCUT2D eigenvalue weighted by atomic mass is 79.9. The third-order valence-corrected chi connectivity index (χ3v) is 4.87. The molecule has 0 N–H and O–H groups in total. The Kier molecular flexibility index (Phi) is 6.29. The molecule has 0 aromatic heterocycles. The number of hydrogen-bond donors (Lipinski definition) is 0. The molecule has 1 aromatic carbocycles. The largest absolute Gasteiger partial charge is 0.490 e. The lowest BCUT2D eigenvalue weighted by Gasteiger charge is -2.18. The zero-order chi connectivity index (χ0) is 18.7. The third-order valence-electron chi connectivity index (χ3n) is 3.37. The minimum atomic E-state index is -0.961. The van der Waals surface area contributed by atoms with E-state index < -0.39 is 23.2 Å². The number of halogens is 1. The summed E-state index contributed by atoms with van der Waals surface area (Å²) in [7, 11) is 1.21. The molecule has 1 aliphatic heterocycles. The van der Waals surface area contributed by atoms with Crippen molar-refractivity contribution in [2.24, 2.45) is 0 Å². The van der Waals surface area contributed by atoms with E-state index in [2.05, 4.69) is 20.7 Å². The van der Waals surface area contributed by atoms with Crippen LogP contribution >= 0.6 is 27.7 Å². The quantitative estimate of drug-likeness (QED) is 0.524. The molecular weight excluding hydrogens is 410 g/mol. The lowest BCUT2D eigenvalue weighted by Crippen LogP contribution is -2.42. The normalized spacial score (nSPS) is 17.4. The molecule has 1 atom stereocenters. The summed E-state index contributed by atoms with van der Waals surface area (Å²) in [5, 5.41) is -0.493. The van der Waals surface area contributed by atoms with Crippen LogP contribution < -0.4 is 4.74 Å². The minimum absolute atomic E-state index is 0.0402. The molecule has 1 aromatic rings. The Labute approximate surface area is 158 Å². The molecule has 2 rings (SSSR count). The Balaban J connectivity index is 2.24. The standard InChI is InChI=1S/C17H18BrNO5S/c1-9(2)24-13-6-5-11(7-12(13)18)8-14-15(20)19(17(22)25-14)10(3)16(21)23-4/h5-10H,1-4H3/b14-8+/t10-/m0/s1. The Hall–Kier alpha value is -1.80. The van der Waals surface area contributed by atoms with Crippen molar-refractivity contribution in [3.05, 3.63) is 33.1 Å². The molecule has 0 bridgehead atoms. The van der Waals surface area contributed by atoms with E-state index in [9.17, 15) is 14.4 Å². The van der Waals surface area contributed by atoms with Crippen molar-refractivity contribution in [2.75, 3.05) is 7.11 Å². The maximum absolute atomic E-state index is 12.5. The molecule has 0 aliphatic carbocycles. The minimum Gasteiger partial charge on any atom is -0.490 e. The van der Waals surface area contributed by atoms with Gasteiger partial charge in [0.2, 0.25) is 0 Å². The van der Waals surface area contributed by atoms with Crippen LogP contribution in [-0.4, -0.2) is 41.3 Å². The summed E-state index contributed by atoms with van der Waals surface area (Å²) in [6.45, 7) is 5.32.